The summed E-state index contributed by atoms with van der Waals surface area (Å²) in [4.78, 5) is 1.38. The Bertz CT molecular complexity index is 903. The Kier molecular flexibility index (Phi) is 5.94. The van der Waals surface area contributed by atoms with Crippen molar-refractivity contribution in [2.24, 2.45) is 13.0 Å². The molecule has 2 atom stereocenters. The molecule has 3 rings (SSSR count). The number of hydrogen-bond donors (Lipinski definition) is 1. The van der Waals surface area contributed by atoms with E-state index in [4.69, 9.17) is 17.3 Å². The van der Waals surface area contributed by atoms with Gasteiger partial charge in [0.05, 0.1) is 18.1 Å². The third-order valence-corrected chi connectivity index (χ3v) is 7.42. The molecule has 0 bridgehead atoms. The van der Waals surface area contributed by atoms with E-state index in [9.17, 15) is 8.42 Å². The molecule has 0 aliphatic carbocycles. The van der Waals surface area contributed by atoms with Gasteiger partial charge < -0.3 is 9.47 Å². The summed E-state index contributed by atoms with van der Waals surface area (Å²) in [6.07, 6.45) is 1.40. The summed E-state index contributed by atoms with van der Waals surface area (Å²) >= 11 is 5.56. The van der Waals surface area contributed by atoms with E-state index in [1.807, 2.05) is 22.4 Å². The van der Waals surface area contributed by atoms with Gasteiger partial charge in [-0.05, 0) is 31.5 Å². The highest BCUT2D eigenvalue weighted by molar-refractivity contribution is 7.91. The summed E-state index contributed by atoms with van der Waals surface area (Å²) in [5.74, 6) is 1.61. The van der Waals surface area contributed by atoms with Gasteiger partial charge in [0.25, 0.3) is 0 Å². The lowest BCUT2D eigenvalue weighted by atomic mass is 10.1. The first-order valence-corrected chi connectivity index (χ1v) is 11.3. The zero-order valence-electron chi connectivity index (χ0n) is 15.4. The summed E-state index contributed by atoms with van der Waals surface area (Å²) in [5.41, 5.74) is 1.29. The van der Waals surface area contributed by atoms with E-state index in [1.54, 1.807) is 0 Å². The molecule has 142 valence electrons. The Morgan fingerprint density at radius 3 is 2.65 bits per heavy atom. The number of quaternary nitrogens is 1. The summed E-state index contributed by atoms with van der Waals surface area (Å²) < 4.78 is 27.9. The maximum Gasteiger partial charge on any atom is 0.202 e. The quantitative estimate of drug-likeness (QED) is 0.711. The number of sulfone groups is 1. The molecule has 0 amide bonds. The summed E-state index contributed by atoms with van der Waals surface area (Å²) in [6, 6.07) is 10.4. The Balaban J connectivity index is 1.71. The Labute approximate surface area is 160 Å². The van der Waals surface area contributed by atoms with Crippen molar-refractivity contribution < 1.29 is 13.3 Å². The van der Waals surface area contributed by atoms with Crippen molar-refractivity contribution in [1.82, 2.24) is 14.3 Å². The molecular formula is C18H27N4O2S2+. The van der Waals surface area contributed by atoms with Gasteiger partial charge in [-0.3, -0.25) is 0 Å². The number of nitrogens with one attached hydrogen (secondary N) is 1. The third kappa shape index (κ3) is 4.61. The molecule has 1 aromatic heterocycles. The molecule has 1 aliphatic rings. The topological polar surface area (TPSA) is 61.3 Å². The fourth-order valence-corrected chi connectivity index (χ4v) is 5.57. The Morgan fingerprint density at radius 2 is 2.04 bits per heavy atom. The van der Waals surface area contributed by atoms with Crippen molar-refractivity contribution >= 4 is 22.1 Å². The van der Waals surface area contributed by atoms with E-state index in [-0.39, 0.29) is 11.7 Å². The van der Waals surface area contributed by atoms with Crippen molar-refractivity contribution in [3.8, 4) is 0 Å². The summed E-state index contributed by atoms with van der Waals surface area (Å²) in [7, 11) is -0.939. The zero-order valence-corrected chi connectivity index (χ0v) is 17.0. The van der Waals surface area contributed by atoms with Crippen LogP contribution >= 0.6 is 12.2 Å². The molecule has 1 unspecified atom stereocenters. The molecule has 0 spiro atoms. The van der Waals surface area contributed by atoms with E-state index in [2.05, 4.69) is 31.2 Å². The molecule has 0 saturated carbocycles. The second kappa shape index (κ2) is 8.02. The fraction of sp³-hybridized carbons (Fsp3) is 0.556. The molecule has 26 heavy (non-hydrogen) atoms. The van der Waals surface area contributed by atoms with Crippen LogP contribution in [0.15, 0.2) is 30.3 Å². The molecule has 1 saturated heterocycles. The van der Waals surface area contributed by atoms with Crippen LogP contribution in [0, 0.1) is 10.7 Å². The maximum absolute atomic E-state index is 11.7. The molecule has 1 fully saturated rings. The highest BCUT2D eigenvalue weighted by Crippen LogP contribution is 2.21. The van der Waals surface area contributed by atoms with Crippen LogP contribution in [0.5, 0.6) is 0 Å². The van der Waals surface area contributed by atoms with Gasteiger partial charge in [0.15, 0.2) is 16.5 Å². The van der Waals surface area contributed by atoms with Gasteiger partial charge in [0, 0.05) is 19.0 Å². The van der Waals surface area contributed by atoms with Gasteiger partial charge in [-0.15, -0.1) is 0 Å². The predicted octanol–water partition coefficient (Wildman–Crippen LogP) is 0.991. The van der Waals surface area contributed by atoms with E-state index in [0.717, 1.165) is 25.3 Å². The number of aromatic nitrogens is 3. The average Bonchev–Trinajstić information content (AvgIpc) is 3.09. The molecule has 1 aliphatic heterocycles. The van der Waals surface area contributed by atoms with Gasteiger partial charge >= 0.3 is 0 Å². The van der Waals surface area contributed by atoms with Gasteiger partial charge in [-0.1, -0.05) is 30.3 Å². The first-order chi connectivity index (χ1) is 12.4. The van der Waals surface area contributed by atoms with E-state index in [1.165, 1.54) is 10.5 Å². The van der Waals surface area contributed by atoms with Crippen LogP contribution in [0.4, 0.5) is 0 Å². The largest absolute Gasteiger partial charge is 0.313 e. The van der Waals surface area contributed by atoms with Gasteiger partial charge in [0.2, 0.25) is 4.77 Å². The van der Waals surface area contributed by atoms with Crippen LogP contribution in [-0.4, -0.2) is 40.8 Å². The molecule has 1 aromatic carbocycles. The molecule has 1 N–H and O–H groups in total. The maximum atomic E-state index is 11.7. The minimum absolute atomic E-state index is 0.155. The van der Waals surface area contributed by atoms with Crippen LogP contribution < -0.4 is 4.90 Å². The highest BCUT2D eigenvalue weighted by Gasteiger charge is 2.29. The fourth-order valence-electron chi connectivity index (χ4n) is 3.49. The van der Waals surface area contributed by atoms with E-state index >= 15 is 0 Å². The van der Waals surface area contributed by atoms with Crippen LogP contribution in [0.2, 0.25) is 0 Å². The Hall–Kier alpha value is -1.51. The van der Waals surface area contributed by atoms with Crippen LogP contribution in [-0.2, 0) is 36.5 Å². The van der Waals surface area contributed by atoms with Crippen molar-refractivity contribution in [2.45, 2.75) is 33.0 Å². The first kappa shape index (κ1) is 19.3. The van der Waals surface area contributed by atoms with Gasteiger partial charge in [-0.25, -0.2) is 8.42 Å². The minimum Gasteiger partial charge on any atom is -0.313 e. The molecule has 8 heteroatoms. The normalized spacial score (nSPS) is 20.3. The van der Waals surface area contributed by atoms with Gasteiger partial charge in [-0.2, -0.15) is 9.78 Å². The van der Waals surface area contributed by atoms with Crippen molar-refractivity contribution in [2.75, 3.05) is 18.1 Å². The highest BCUT2D eigenvalue weighted by atomic mass is 32.2. The SMILES string of the molecule is CC[NH+](Cc1ccccc1)Cn1nc(C[C@@H]2CCS(=O)(=O)C2)n(C)c1=S. The van der Waals surface area contributed by atoms with Crippen LogP contribution in [0.25, 0.3) is 0 Å². The lowest BCUT2D eigenvalue weighted by Gasteiger charge is -2.17. The monoisotopic (exact) mass is 395 g/mol. The second-order valence-electron chi connectivity index (χ2n) is 7.15. The summed E-state index contributed by atoms with van der Waals surface area (Å²) in [6.45, 7) is 4.77. The van der Waals surface area contributed by atoms with Crippen LogP contribution in [0.3, 0.4) is 0 Å². The molecule has 0 radical (unpaired) electrons. The molecule has 2 aromatic rings. The van der Waals surface area contributed by atoms with E-state index < -0.39 is 9.84 Å². The standard InChI is InChI=1S/C18H26N4O2S2/c1-3-21(12-15-7-5-4-6-8-15)14-22-18(25)20(2)17(19-22)11-16-9-10-26(23,24)13-16/h4-8,16H,3,9-14H2,1-2H3/p+1/t16-/m0/s1. The zero-order chi connectivity index (χ0) is 18.7. The molecule has 2 heterocycles. The van der Waals surface area contributed by atoms with Crippen LogP contribution in [0.1, 0.15) is 24.7 Å². The second-order valence-corrected chi connectivity index (χ2v) is 9.75. The predicted molar refractivity (Wildman–Crippen MR) is 104 cm³/mol. The summed E-state index contributed by atoms with van der Waals surface area (Å²) in [5, 5.41) is 4.71. The van der Waals surface area contributed by atoms with Crippen molar-refractivity contribution in [1.29, 1.82) is 0 Å². The lowest BCUT2D eigenvalue weighted by Crippen LogP contribution is -3.09. The Morgan fingerprint density at radius 1 is 1.31 bits per heavy atom. The average molecular weight is 396 g/mol. The van der Waals surface area contributed by atoms with E-state index in [0.29, 0.717) is 23.6 Å². The third-order valence-electron chi connectivity index (χ3n) is 5.10. The van der Waals surface area contributed by atoms with Gasteiger partial charge in [0.1, 0.15) is 12.4 Å². The van der Waals surface area contributed by atoms with Crippen molar-refractivity contribution in [3.63, 3.8) is 0 Å². The number of rotatable bonds is 7. The number of benzene rings is 1. The van der Waals surface area contributed by atoms with Crippen molar-refractivity contribution in [3.05, 3.63) is 46.5 Å². The number of hydrogen-bond acceptors (Lipinski definition) is 4. The minimum atomic E-state index is -2.86. The first-order valence-electron chi connectivity index (χ1n) is 9.08. The lowest BCUT2D eigenvalue weighted by molar-refractivity contribution is -0.935. The molecule has 6 nitrogen and oxygen atoms in total. The molecular weight excluding hydrogens is 368 g/mol. The number of nitrogens with zero attached hydrogens (tertiary/aromatic N) is 3. The smallest absolute Gasteiger partial charge is 0.202 e.